The van der Waals surface area contributed by atoms with Crippen molar-refractivity contribution in [1.29, 1.82) is 5.26 Å². The molecule has 1 heterocycles. The standard InChI is InChI=1S/C22H24ClFN4O/c1-16(22(29)26-19-7-8-21(24)20(23)13-19)28-10-2-9-27(11-12-28)15-18-5-3-17(14-25)4-6-18/h3-8,13,16H,2,9-12,15H2,1H3,(H,26,29). The Hall–Kier alpha value is -2.46. The summed E-state index contributed by atoms with van der Waals surface area (Å²) < 4.78 is 13.3. The average Bonchev–Trinajstić information content (AvgIpc) is 2.96. The number of carbonyl (C=O) groups is 1. The molecule has 1 fully saturated rings. The van der Waals surface area contributed by atoms with Crippen LogP contribution in [0.2, 0.25) is 5.02 Å². The number of halogens is 2. The molecule has 1 atom stereocenters. The minimum absolute atomic E-state index is 0.0105. The molecule has 29 heavy (non-hydrogen) atoms. The van der Waals surface area contributed by atoms with E-state index < -0.39 is 5.82 Å². The van der Waals surface area contributed by atoms with Gasteiger partial charge in [0.2, 0.25) is 5.91 Å². The van der Waals surface area contributed by atoms with Crippen LogP contribution in [0.15, 0.2) is 42.5 Å². The Labute approximate surface area is 175 Å². The highest BCUT2D eigenvalue weighted by atomic mass is 35.5. The molecule has 0 radical (unpaired) electrons. The second-order valence-electron chi connectivity index (χ2n) is 7.27. The van der Waals surface area contributed by atoms with Gasteiger partial charge in [-0.15, -0.1) is 0 Å². The van der Waals surface area contributed by atoms with Gasteiger partial charge in [0, 0.05) is 31.9 Å². The third-order valence-electron chi connectivity index (χ3n) is 5.23. The zero-order chi connectivity index (χ0) is 20.8. The molecule has 7 heteroatoms. The fraction of sp³-hybridized carbons (Fsp3) is 0.364. The van der Waals surface area contributed by atoms with Gasteiger partial charge >= 0.3 is 0 Å². The van der Waals surface area contributed by atoms with Gasteiger partial charge in [0.15, 0.2) is 0 Å². The molecule has 1 N–H and O–H groups in total. The Bertz CT molecular complexity index is 897. The van der Waals surface area contributed by atoms with Crippen molar-refractivity contribution in [3.63, 3.8) is 0 Å². The van der Waals surface area contributed by atoms with Crippen LogP contribution in [0.25, 0.3) is 0 Å². The minimum atomic E-state index is -0.507. The number of anilines is 1. The number of hydrogen-bond acceptors (Lipinski definition) is 4. The molecule has 0 aliphatic carbocycles. The molecule has 3 rings (SSSR count). The van der Waals surface area contributed by atoms with E-state index in [0.29, 0.717) is 11.3 Å². The maximum atomic E-state index is 13.3. The third kappa shape index (κ3) is 5.77. The first kappa shape index (κ1) is 21.3. The molecular formula is C22H24ClFN4O. The van der Waals surface area contributed by atoms with Crippen LogP contribution in [0.1, 0.15) is 24.5 Å². The number of rotatable bonds is 5. The molecule has 1 aliphatic heterocycles. The van der Waals surface area contributed by atoms with Gasteiger partial charge in [-0.25, -0.2) is 4.39 Å². The number of amides is 1. The average molecular weight is 415 g/mol. The van der Waals surface area contributed by atoms with Gasteiger partial charge in [-0.3, -0.25) is 14.6 Å². The molecule has 5 nitrogen and oxygen atoms in total. The van der Waals surface area contributed by atoms with Crippen LogP contribution in [0.4, 0.5) is 10.1 Å². The van der Waals surface area contributed by atoms with Gasteiger partial charge in [-0.2, -0.15) is 5.26 Å². The normalized spacial score (nSPS) is 16.6. The van der Waals surface area contributed by atoms with Crippen LogP contribution in [0.3, 0.4) is 0 Å². The summed E-state index contributed by atoms with van der Waals surface area (Å²) in [6, 6.07) is 13.7. The number of nitriles is 1. The van der Waals surface area contributed by atoms with E-state index in [1.54, 1.807) is 0 Å². The molecule has 2 aromatic rings. The highest BCUT2D eigenvalue weighted by Crippen LogP contribution is 2.20. The molecule has 152 valence electrons. The summed E-state index contributed by atoms with van der Waals surface area (Å²) in [5.41, 5.74) is 2.33. The first-order valence-electron chi connectivity index (χ1n) is 9.67. The third-order valence-corrected chi connectivity index (χ3v) is 5.52. The second kappa shape index (κ2) is 9.84. The van der Waals surface area contributed by atoms with Gasteiger partial charge in [0.25, 0.3) is 0 Å². The second-order valence-corrected chi connectivity index (χ2v) is 7.68. The predicted molar refractivity (Wildman–Crippen MR) is 112 cm³/mol. The van der Waals surface area contributed by atoms with E-state index in [4.69, 9.17) is 16.9 Å². The first-order valence-corrected chi connectivity index (χ1v) is 10.1. The monoisotopic (exact) mass is 414 g/mol. The molecule has 1 aliphatic rings. The smallest absolute Gasteiger partial charge is 0.241 e. The summed E-state index contributed by atoms with van der Waals surface area (Å²) in [7, 11) is 0. The quantitative estimate of drug-likeness (QED) is 0.806. The fourth-order valence-electron chi connectivity index (χ4n) is 3.47. The Morgan fingerprint density at radius 2 is 1.97 bits per heavy atom. The van der Waals surface area contributed by atoms with E-state index in [2.05, 4.69) is 21.2 Å². The van der Waals surface area contributed by atoms with Crippen molar-refractivity contribution in [3.05, 3.63) is 64.4 Å². The van der Waals surface area contributed by atoms with E-state index in [-0.39, 0.29) is 17.0 Å². The highest BCUT2D eigenvalue weighted by Gasteiger charge is 2.24. The molecule has 2 aromatic carbocycles. The van der Waals surface area contributed by atoms with Crippen molar-refractivity contribution in [2.24, 2.45) is 0 Å². The Balaban J connectivity index is 1.54. The van der Waals surface area contributed by atoms with Crippen molar-refractivity contribution in [1.82, 2.24) is 9.80 Å². The summed E-state index contributed by atoms with van der Waals surface area (Å²) >= 11 is 5.79. The number of nitrogens with one attached hydrogen (secondary N) is 1. The minimum Gasteiger partial charge on any atom is -0.325 e. The van der Waals surface area contributed by atoms with Crippen LogP contribution in [0.5, 0.6) is 0 Å². The van der Waals surface area contributed by atoms with Crippen LogP contribution in [0, 0.1) is 17.1 Å². The Morgan fingerprint density at radius 1 is 1.21 bits per heavy atom. The van der Waals surface area contributed by atoms with Crippen LogP contribution < -0.4 is 5.32 Å². The lowest BCUT2D eigenvalue weighted by molar-refractivity contribution is -0.120. The lowest BCUT2D eigenvalue weighted by Crippen LogP contribution is -2.43. The summed E-state index contributed by atoms with van der Waals surface area (Å²) in [6.07, 6.45) is 0.969. The van der Waals surface area contributed by atoms with Gasteiger partial charge in [-0.1, -0.05) is 23.7 Å². The highest BCUT2D eigenvalue weighted by molar-refractivity contribution is 6.31. The molecule has 1 unspecified atom stereocenters. The molecule has 0 spiro atoms. The molecular weight excluding hydrogens is 391 g/mol. The molecule has 0 bridgehead atoms. The molecule has 1 amide bonds. The molecule has 0 aromatic heterocycles. The fourth-order valence-corrected chi connectivity index (χ4v) is 3.65. The van der Waals surface area contributed by atoms with Crippen molar-refractivity contribution < 1.29 is 9.18 Å². The van der Waals surface area contributed by atoms with E-state index in [0.717, 1.165) is 39.1 Å². The van der Waals surface area contributed by atoms with Gasteiger partial charge in [0.1, 0.15) is 5.82 Å². The number of hydrogen-bond donors (Lipinski definition) is 1. The number of benzene rings is 2. The lowest BCUT2D eigenvalue weighted by atomic mass is 10.1. The van der Waals surface area contributed by atoms with E-state index in [9.17, 15) is 9.18 Å². The van der Waals surface area contributed by atoms with Gasteiger partial charge < -0.3 is 5.32 Å². The summed E-state index contributed by atoms with van der Waals surface area (Å²) in [6.45, 7) is 6.15. The van der Waals surface area contributed by atoms with Crippen molar-refractivity contribution in [3.8, 4) is 6.07 Å². The maximum Gasteiger partial charge on any atom is 0.241 e. The zero-order valence-electron chi connectivity index (χ0n) is 16.4. The van der Waals surface area contributed by atoms with Crippen molar-refractivity contribution in [2.75, 3.05) is 31.5 Å². The topological polar surface area (TPSA) is 59.4 Å². The van der Waals surface area contributed by atoms with Crippen molar-refractivity contribution in [2.45, 2.75) is 25.9 Å². The Kier molecular flexibility index (Phi) is 7.21. The number of nitrogens with zero attached hydrogens (tertiary/aromatic N) is 3. The predicted octanol–water partition coefficient (Wildman–Crippen LogP) is 3.89. The van der Waals surface area contributed by atoms with Crippen LogP contribution in [-0.4, -0.2) is 47.9 Å². The maximum absolute atomic E-state index is 13.3. The molecule has 1 saturated heterocycles. The summed E-state index contributed by atoms with van der Waals surface area (Å²) in [5.74, 6) is -0.638. The SMILES string of the molecule is CC(C(=O)Nc1ccc(F)c(Cl)c1)N1CCCN(Cc2ccc(C#N)cc2)CC1. The van der Waals surface area contributed by atoms with Gasteiger partial charge in [0.05, 0.1) is 22.7 Å². The van der Waals surface area contributed by atoms with Crippen LogP contribution in [-0.2, 0) is 11.3 Å². The van der Waals surface area contributed by atoms with Gasteiger partial charge in [-0.05, 0) is 55.8 Å². The van der Waals surface area contributed by atoms with E-state index in [1.165, 1.54) is 23.8 Å². The van der Waals surface area contributed by atoms with E-state index in [1.807, 2.05) is 31.2 Å². The summed E-state index contributed by atoms with van der Waals surface area (Å²) in [4.78, 5) is 17.2. The zero-order valence-corrected chi connectivity index (χ0v) is 17.1. The molecule has 0 saturated carbocycles. The lowest BCUT2D eigenvalue weighted by Gasteiger charge is -2.27. The van der Waals surface area contributed by atoms with Crippen LogP contribution >= 0.6 is 11.6 Å². The van der Waals surface area contributed by atoms with Crippen molar-refractivity contribution >= 4 is 23.2 Å². The largest absolute Gasteiger partial charge is 0.325 e. The Morgan fingerprint density at radius 3 is 2.66 bits per heavy atom. The number of carbonyl (C=O) groups excluding carboxylic acids is 1. The first-order chi connectivity index (χ1) is 14.0. The van der Waals surface area contributed by atoms with E-state index >= 15 is 0 Å². The summed E-state index contributed by atoms with van der Waals surface area (Å²) in [5, 5.41) is 11.7.